The van der Waals surface area contributed by atoms with Gasteiger partial charge in [0.25, 0.3) is 0 Å². The number of carboxylic acid groups (broad SMARTS) is 1. The van der Waals surface area contributed by atoms with Gasteiger partial charge in [0.15, 0.2) is 5.58 Å². The van der Waals surface area contributed by atoms with Gasteiger partial charge in [-0.3, -0.25) is 0 Å². The van der Waals surface area contributed by atoms with Crippen LogP contribution in [0.4, 0.5) is 0 Å². The maximum absolute atomic E-state index is 11.2. The molecule has 17 heavy (non-hydrogen) atoms. The first-order valence-corrected chi connectivity index (χ1v) is 5.15. The van der Waals surface area contributed by atoms with Crippen LogP contribution in [0.5, 0.6) is 0 Å². The van der Waals surface area contributed by atoms with Gasteiger partial charge in [-0.2, -0.15) is 0 Å². The Balaban J connectivity index is 2.36. The summed E-state index contributed by atoms with van der Waals surface area (Å²) in [6, 6.07) is 11.0. The SMILES string of the molecule is O=C(O)c1[nH]c2ccoc2c1-c1ccccc1. The van der Waals surface area contributed by atoms with E-state index in [0.29, 0.717) is 16.7 Å². The molecule has 2 heterocycles. The van der Waals surface area contributed by atoms with Crippen molar-refractivity contribution in [3.8, 4) is 11.1 Å². The van der Waals surface area contributed by atoms with E-state index in [9.17, 15) is 9.90 Å². The van der Waals surface area contributed by atoms with Crippen LogP contribution in [0.15, 0.2) is 47.1 Å². The number of furan rings is 1. The van der Waals surface area contributed by atoms with E-state index in [2.05, 4.69) is 4.98 Å². The van der Waals surface area contributed by atoms with Crippen molar-refractivity contribution in [2.45, 2.75) is 0 Å². The second kappa shape index (κ2) is 3.52. The maximum Gasteiger partial charge on any atom is 0.353 e. The molecule has 4 nitrogen and oxygen atoms in total. The minimum atomic E-state index is -0.991. The number of hydrogen-bond acceptors (Lipinski definition) is 2. The van der Waals surface area contributed by atoms with Crippen LogP contribution in [-0.2, 0) is 0 Å². The number of benzene rings is 1. The number of aromatic nitrogens is 1. The lowest BCUT2D eigenvalue weighted by Gasteiger charge is -1.99. The van der Waals surface area contributed by atoms with Gasteiger partial charge in [0, 0.05) is 6.07 Å². The smallest absolute Gasteiger partial charge is 0.353 e. The zero-order valence-corrected chi connectivity index (χ0v) is 8.81. The monoisotopic (exact) mass is 227 g/mol. The third-order valence-corrected chi connectivity index (χ3v) is 2.68. The largest absolute Gasteiger partial charge is 0.477 e. The van der Waals surface area contributed by atoms with Crippen LogP contribution in [0.2, 0.25) is 0 Å². The Morgan fingerprint density at radius 2 is 1.94 bits per heavy atom. The molecule has 0 atom stereocenters. The summed E-state index contributed by atoms with van der Waals surface area (Å²) in [5.74, 6) is -0.991. The molecule has 2 N–H and O–H groups in total. The summed E-state index contributed by atoms with van der Waals surface area (Å²) in [6.45, 7) is 0. The minimum absolute atomic E-state index is 0.158. The first-order valence-electron chi connectivity index (χ1n) is 5.15. The molecule has 0 fully saturated rings. The van der Waals surface area contributed by atoms with Gasteiger partial charge in [-0.05, 0) is 5.56 Å². The Labute approximate surface area is 96.5 Å². The standard InChI is InChI=1S/C13H9NO3/c15-13(16)11-10(8-4-2-1-3-5-8)12-9(14-11)6-7-17-12/h1-7,14H,(H,15,16). The maximum atomic E-state index is 11.2. The number of hydrogen-bond donors (Lipinski definition) is 2. The molecule has 1 aromatic carbocycles. The van der Waals surface area contributed by atoms with E-state index in [4.69, 9.17) is 4.42 Å². The van der Waals surface area contributed by atoms with E-state index in [1.165, 1.54) is 0 Å². The van der Waals surface area contributed by atoms with Gasteiger partial charge in [-0.25, -0.2) is 4.79 Å². The number of fused-ring (bicyclic) bond motifs is 1. The Morgan fingerprint density at radius 1 is 1.18 bits per heavy atom. The Hall–Kier alpha value is -2.49. The minimum Gasteiger partial charge on any atom is -0.477 e. The molecule has 0 aliphatic rings. The first kappa shape index (κ1) is 9.72. The van der Waals surface area contributed by atoms with Crippen LogP contribution in [-0.4, -0.2) is 16.1 Å². The van der Waals surface area contributed by atoms with Crippen molar-refractivity contribution in [1.29, 1.82) is 0 Å². The molecule has 0 aliphatic carbocycles. The van der Waals surface area contributed by atoms with Crippen LogP contribution >= 0.6 is 0 Å². The number of rotatable bonds is 2. The van der Waals surface area contributed by atoms with E-state index in [1.54, 1.807) is 12.3 Å². The summed E-state index contributed by atoms with van der Waals surface area (Å²) in [6.07, 6.45) is 1.54. The molecule has 4 heteroatoms. The number of H-pyrrole nitrogens is 1. The normalized spacial score (nSPS) is 10.8. The number of carboxylic acids is 1. The van der Waals surface area contributed by atoms with Crippen LogP contribution in [0, 0.1) is 0 Å². The zero-order valence-electron chi connectivity index (χ0n) is 8.81. The van der Waals surface area contributed by atoms with E-state index in [1.807, 2.05) is 30.3 Å². The summed E-state index contributed by atoms with van der Waals surface area (Å²) in [4.78, 5) is 14.0. The number of carbonyl (C=O) groups is 1. The molecule has 0 unspecified atom stereocenters. The van der Waals surface area contributed by atoms with Crippen LogP contribution in [0.25, 0.3) is 22.2 Å². The molecule has 0 saturated carbocycles. The van der Waals surface area contributed by atoms with Crippen molar-refractivity contribution < 1.29 is 14.3 Å². The van der Waals surface area contributed by atoms with Crippen molar-refractivity contribution in [2.24, 2.45) is 0 Å². The van der Waals surface area contributed by atoms with Crippen molar-refractivity contribution in [3.05, 3.63) is 48.4 Å². The van der Waals surface area contributed by atoms with Crippen molar-refractivity contribution in [2.75, 3.05) is 0 Å². The molecule has 3 aromatic rings. The highest BCUT2D eigenvalue weighted by molar-refractivity contribution is 6.05. The highest BCUT2D eigenvalue weighted by Gasteiger charge is 2.20. The molecule has 0 amide bonds. The molecule has 0 radical (unpaired) electrons. The fourth-order valence-corrected chi connectivity index (χ4v) is 1.95. The van der Waals surface area contributed by atoms with Crippen LogP contribution in [0.3, 0.4) is 0 Å². The summed E-state index contributed by atoms with van der Waals surface area (Å²) < 4.78 is 5.34. The van der Waals surface area contributed by atoms with Gasteiger partial charge in [0.05, 0.1) is 17.3 Å². The molecular formula is C13H9NO3. The lowest BCUT2D eigenvalue weighted by molar-refractivity contribution is 0.0692. The Bertz CT molecular complexity index is 679. The molecule has 0 saturated heterocycles. The second-order valence-corrected chi connectivity index (χ2v) is 3.71. The molecule has 0 aliphatic heterocycles. The van der Waals surface area contributed by atoms with Crippen LogP contribution < -0.4 is 0 Å². The molecule has 3 rings (SSSR count). The number of aromatic amines is 1. The summed E-state index contributed by atoms with van der Waals surface area (Å²) >= 11 is 0. The molecule has 0 spiro atoms. The third-order valence-electron chi connectivity index (χ3n) is 2.68. The van der Waals surface area contributed by atoms with Gasteiger partial charge >= 0.3 is 5.97 Å². The molecule has 84 valence electrons. The first-order chi connectivity index (χ1) is 8.27. The predicted molar refractivity (Wildman–Crippen MR) is 63.0 cm³/mol. The van der Waals surface area contributed by atoms with Gasteiger partial charge < -0.3 is 14.5 Å². The van der Waals surface area contributed by atoms with E-state index in [0.717, 1.165) is 5.56 Å². The van der Waals surface area contributed by atoms with E-state index >= 15 is 0 Å². The van der Waals surface area contributed by atoms with Crippen molar-refractivity contribution in [3.63, 3.8) is 0 Å². The van der Waals surface area contributed by atoms with Gasteiger partial charge in [-0.15, -0.1) is 0 Å². The van der Waals surface area contributed by atoms with Gasteiger partial charge in [0.1, 0.15) is 5.69 Å². The Kier molecular flexibility index (Phi) is 2.01. The lowest BCUT2D eigenvalue weighted by Crippen LogP contribution is -1.98. The third kappa shape index (κ3) is 1.42. The summed E-state index contributed by atoms with van der Waals surface area (Å²) in [7, 11) is 0. The highest BCUT2D eigenvalue weighted by atomic mass is 16.4. The van der Waals surface area contributed by atoms with Crippen LogP contribution in [0.1, 0.15) is 10.5 Å². The van der Waals surface area contributed by atoms with Gasteiger partial charge in [-0.1, -0.05) is 30.3 Å². The van der Waals surface area contributed by atoms with Gasteiger partial charge in [0.2, 0.25) is 0 Å². The van der Waals surface area contributed by atoms with E-state index in [-0.39, 0.29) is 5.69 Å². The molecule has 0 bridgehead atoms. The molecular weight excluding hydrogens is 218 g/mol. The quantitative estimate of drug-likeness (QED) is 0.706. The van der Waals surface area contributed by atoms with E-state index < -0.39 is 5.97 Å². The zero-order chi connectivity index (χ0) is 11.8. The van der Waals surface area contributed by atoms with Crippen molar-refractivity contribution >= 4 is 17.1 Å². The fraction of sp³-hybridized carbons (Fsp3) is 0. The summed E-state index contributed by atoms with van der Waals surface area (Å²) in [5, 5.41) is 9.17. The number of nitrogens with one attached hydrogen (secondary N) is 1. The lowest BCUT2D eigenvalue weighted by atomic mass is 10.1. The molecule has 2 aromatic heterocycles. The highest BCUT2D eigenvalue weighted by Crippen LogP contribution is 2.32. The number of aromatic carboxylic acids is 1. The average molecular weight is 227 g/mol. The topological polar surface area (TPSA) is 66.2 Å². The fourth-order valence-electron chi connectivity index (χ4n) is 1.95. The average Bonchev–Trinajstić information content (AvgIpc) is 2.89. The Morgan fingerprint density at radius 3 is 2.65 bits per heavy atom. The second-order valence-electron chi connectivity index (χ2n) is 3.71. The predicted octanol–water partition coefficient (Wildman–Crippen LogP) is 3.13. The van der Waals surface area contributed by atoms with Crippen molar-refractivity contribution in [1.82, 2.24) is 4.98 Å². The summed E-state index contributed by atoms with van der Waals surface area (Å²) in [5.41, 5.74) is 2.85.